The lowest BCUT2D eigenvalue weighted by molar-refractivity contribution is 0.188. The number of hydrogen-bond acceptors (Lipinski definition) is 3. The highest BCUT2D eigenvalue weighted by molar-refractivity contribution is 7.92. The van der Waals surface area contributed by atoms with Crippen LogP contribution in [0, 0.1) is 31.6 Å². The molecule has 1 aliphatic carbocycles. The first-order valence-corrected chi connectivity index (χ1v) is 12.9. The van der Waals surface area contributed by atoms with Gasteiger partial charge in [0.2, 0.25) is 0 Å². The van der Waals surface area contributed by atoms with Gasteiger partial charge in [0.1, 0.15) is 5.75 Å². The summed E-state index contributed by atoms with van der Waals surface area (Å²) in [4.78, 5) is 0.298. The van der Waals surface area contributed by atoms with Crippen LogP contribution in [-0.4, -0.2) is 21.6 Å². The lowest BCUT2D eigenvalue weighted by Crippen LogP contribution is -2.34. The average Bonchev–Trinajstić information content (AvgIpc) is 2.72. The van der Waals surface area contributed by atoms with Crippen molar-refractivity contribution >= 4 is 15.7 Å². The molecule has 1 fully saturated rings. The van der Waals surface area contributed by atoms with Gasteiger partial charge < -0.3 is 4.74 Å². The zero-order valence-corrected chi connectivity index (χ0v) is 20.4. The topological polar surface area (TPSA) is 46.6 Å². The van der Waals surface area contributed by atoms with Crippen LogP contribution in [0.15, 0.2) is 47.4 Å². The first-order valence-electron chi connectivity index (χ1n) is 11.5. The molecule has 0 bridgehead atoms. The van der Waals surface area contributed by atoms with Crippen LogP contribution in [0.3, 0.4) is 0 Å². The van der Waals surface area contributed by atoms with Gasteiger partial charge in [-0.2, -0.15) is 0 Å². The van der Waals surface area contributed by atoms with Crippen molar-refractivity contribution in [1.29, 1.82) is 0 Å². The molecule has 0 saturated heterocycles. The zero-order valence-electron chi connectivity index (χ0n) is 19.6. The molecule has 5 heteroatoms. The molecular formula is C26H37NO3S. The summed E-state index contributed by atoms with van der Waals surface area (Å²) in [6.45, 7) is 11.5. The Morgan fingerprint density at radius 3 is 2.23 bits per heavy atom. The summed E-state index contributed by atoms with van der Waals surface area (Å²) in [5, 5.41) is 0. The Balaban J connectivity index is 1.76. The number of hydrogen-bond donors (Lipinski definition) is 0. The molecule has 1 aliphatic rings. The van der Waals surface area contributed by atoms with Gasteiger partial charge in [0.25, 0.3) is 10.0 Å². The van der Waals surface area contributed by atoms with Crippen LogP contribution in [0.1, 0.15) is 57.6 Å². The van der Waals surface area contributed by atoms with Crippen LogP contribution in [0.2, 0.25) is 0 Å². The molecule has 0 radical (unpaired) electrons. The molecule has 170 valence electrons. The summed E-state index contributed by atoms with van der Waals surface area (Å²) < 4.78 is 34.6. The maximum absolute atomic E-state index is 13.5. The summed E-state index contributed by atoms with van der Waals surface area (Å²) in [6.07, 6.45) is 4.98. The highest BCUT2D eigenvalue weighted by Gasteiger charge is 2.27. The Bertz CT molecular complexity index is 959. The fourth-order valence-corrected chi connectivity index (χ4v) is 5.98. The van der Waals surface area contributed by atoms with E-state index in [1.165, 1.54) is 25.7 Å². The van der Waals surface area contributed by atoms with Crippen molar-refractivity contribution in [2.45, 2.75) is 65.2 Å². The lowest BCUT2D eigenvalue weighted by Gasteiger charge is -2.28. The molecule has 0 heterocycles. The third kappa shape index (κ3) is 6.03. The minimum atomic E-state index is -3.67. The van der Waals surface area contributed by atoms with Crippen molar-refractivity contribution in [3.05, 3.63) is 53.6 Å². The molecule has 31 heavy (non-hydrogen) atoms. The molecule has 0 spiro atoms. The summed E-state index contributed by atoms with van der Waals surface area (Å²) in [7, 11) is -3.67. The number of nitrogens with zero attached hydrogens (tertiary/aromatic N) is 1. The van der Waals surface area contributed by atoms with Crippen molar-refractivity contribution in [3.63, 3.8) is 0 Å². The normalized spacial score (nSPS) is 19.4. The maximum atomic E-state index is 13.5. The molecule has 0 unspecified atom stereocenters. The Kier molecular flexibility index (Phi) is 7.68. The Hall–Kier alpha value is -2.01. The van der Waals surface area contributed by atoms with Gasteiger partial charge in [0.05, 0.1) is 17.2 Å². The number of sulfonamides is 1. The molecule has 0 amide bonds. The fraction of sp³-hybridized carbons (Fsp3) is 0.538. The Labute approximate surface area is 188 Å². The van der Waals surface area contributed by atoms with Crippen molar-refractivity contribution in [3.8, 4) is 5.75 Å². The first kappa shape index (κ1) is 23.6. The summed E-state index contributed by atoms with van der Waals surface area (Å²) in [5.41, 5.74) is 2.83. The molecular weight excluding hydrogens is 406 g/mol. The van der Waals surface area contributed by atoms with Crippen LogP contribution >= 0.6 is 0 Å². The monoisotopic (exact) mass is 443 g/mol. The number of benzene rings is 2. The van der Waals surface area contributed by atoms with E-state index in [4.69, 9.17) is 4.74 Å². The van der Waals surface area contributed by atoms with Crippen molar-refractivity contribution in [2.24, 2.45) is 17.8 Å². The minimum absolute atomic E-state index is 0.205. The second-order valence-corrected chi connectivity index (χ2v) is 11.5. The minimum Gasteiger partial charge on any atom is -0.493 e. The summed E-state index contributed by atoms with van der Waals surface area (Å²) in [5.74, 6) is 2.37. The van der Waals surface area contributed by atoms with E-state index in [0.29, 0.717) is 24.0 Å². The van der Waals surface area contributed by atoms with Crippen molar-refractivity contribution in [2.75, 3.05) is 17.5 Å². The van der Waals surface area contributed by atoms with E-state index in [9.17, 15) is 8.42 Å². The number of ether oxygens (including phenoxy) is 1. The van der Waals surface area contributed by atoms with E-state index >= 15 is 0 Å². The number of rotatable bonds is 8. The van der Waals surface area contributed by atoms with Crippen LogP contribution < -0.4 is 9.04 Å². The molecule has 0 atom stereocenters. The SMILES string of the molecule is Cc1ccc(N(CC(C)C)S(=O)(=O)c2ccc(OCC3CCC(C)CC3)cc2)c(C)c1. The maximum Gasteiger partial charge on any atom is 0.264 e. The van der Waals surface area contributed by atoms with Crippen molar-refractivity contribution < 1.29 is 13.2 Å². The number of aryl methyl sites for hydroxylation is 2. The van der Waals surface area contributed by atoms with Gasteiger partial charge in [-0.3, -0.25) is 4.31 Å². The summed E-state index contributed by atoms with van der Waals surface area (Å²) >= 11 is 0. The summed E-state index contributed by atoms with van der Waals surface area (Å²) in [6, 6.07) is 12.8. The lowest BCUT2D eigenvalue weighted by atomic mass is 9.83. The van der Waals surface area contributed by atoms with Gasteiger partial charge in [0, 0.05) is 6.54 Å². The van der Waals surface area contributed by atoms with Gasteiger partial charge in [-0.15, -0.1) is 0 Å². The highest BCUT2D eigenvalue weighted by Crippen LogP contribution is 2.31. The largest absolute Gasteiger partial charge is 0.493 e. The predicted molar refractivity (Wildman–Crippen MR) is 128 cm³/mol. The fourth-order valence-electron chi connectivity index (χ4n) is 4.29. The molecule has 0 aromatic heterocycles. The zero-order chi connectivity index (χ0) is 22.6. The van der Waals surface area contributed by atoms with Gasteiger partial charge in [-0.25, -0.2) is 8.42 Å². The van der Waals surface area contributed by atoms with Gasteiger partial charge in [-0.05, 0) is 80.3 Å². The molecule has 0 aliphatic heterocycles. The molecule has 0 N–H and O–H groups in total. The van der Waals surface area contributed by atoms with E-state index in [1.807, 2.05) is 45.9 Å². The molecule has 4 nitrogen and oxygen atoms in total. The molecule has 2 aromatic rings. The van der Waals surface area contributed by atoms with Gasteiger partial charge in [-0.1, -0.05) is 51.3 Å². The van der Waals surface area contributed by atoms with E-state index < -0.39 is 10.0 Å². The molecule has 1 saturated carbocycles. The Morgan fingerprint density at radius 1 is 1.00 bits per heavy atom. The second-order valence-electron chi connectivity index (χ2n) is 9.63. The third-order valence-electron chi connectivity index (χ3n) is 6.18. The third-order valence-corrected chi connectivity index (χ3v) is 7.98. The highest BCUT2D eigenvalue weighted by atomic mass is 32.2. The van der Waals surface area contributed by atoms with E-state index in [1.54, 1.807) is 28.6 Å². The average molecular weight is 444 g/mol. The van der Waals surface area contributed by atoms with E-state index in [2.05, 4.69) is 6.92 Å². The van der Waals surface area contributed by atoms with Crippen LogP contribution in [0.5, 0.6) is 5.75 Å². The van der Waals surface area contributed by atoms with Crippen LogP contribution in [0.4, 0.5) is 5.69 Å². The van der Waals surface area contributed by atoms with Crippen LogP contribution in [-0.2, 0) is 10.0 Å². The van der Waals surface area contributed by atoms with Crippen LogP contribution in [0.25, 0.3) is 0 Å². The standard InChI is InChI=1S/C26H37NO3S/c1-19(2)17-27(26-15-8-21(4)16-22(26)5)31(28,29)25-13-11-24(12-14-25)30-18-23-9-6-20(3)7-10-23/h8,11-16,19-20,23H,6-7,9-10,17-18H2,1-5H3. The smallest absolute Gasteiger partial charge is 0.264 e. The molecule has 3 rings (SSSR count). The Morgan fingerprint density at radius 2 is 1.65 bits per heavy atom. The second kappa shape index (κ2) is 10.1. The van der Waals surface area contributed by atoms with Crippen molar-refractivity contribution in [1.82, 2.24) is 0 Å². The number of anilines is 1. The predicted octanol–water partition coefficient (Wildman–Crippen LogP) is 6.36. The van der Waals surface area contributed by atoms with E-state index in [-0.39, 0.29) is 5.92 Å². The van der Waals surface area contributed by atoms with Gasteiger partial charge in [0.15, 0.2) is 0 Å². The molecule has 2 aromatic carbocycles. The quantitative estimate of drug-likeness (QED) is 0.477. The van der Waals surface area contributed by atoms with E-state index in [0.717, 1.165) is 28.5 Å². The van der Waals surface area contributed by atoms with Gasteiger partial charge >= 0.3 is 0 Å². The first-order chi connectivity index (χ1) is 14.7.